The Bertz CT molecular complexity index is 572. The molecule has 0 bridgehead atoms. The number of nitrogens with zero attached hydrogens (tertiary/aromatic N) is 2. The van der Waals surface area contributed by atoms with Gasteiger partial charge in [-0.1, -0.05) is 13.0 Å². The highest BCUT2D eigenvalue weighted by Gasteiger charge is 2.23. The van der Waals surface area contributed by atoms with Crippen molar-refractivity contribution in [1.29, 1.82) is 0 Å². The maximum absolute atomic E-state index is 11.2. The third kappa shape index (κ3) is 1.90. The molecule has 0 spiro atoms. The molecule has 1 aromatic heterocycles. The molecule has 0 aliphatic rings. The van der Waals surface area contributed by atoms with E-state index in [0.717, 1.165) is 16.6 Å². The monoisotopic (exact) mass is 232 g/mol. The highest BCUT2D eigenvalue weighted by Crippen LogP contribution is 2.24. The van der Waals surface area contributed by atoms with Gasteiger partial charge in [0.1, 0.15) is 11.7 Å². The minimum Gasteiger partial charge on any atom is -0.481 e. The number of benzene rings is 1. The molecule has 0 saturated carbocycles. The summed E-state index contributed by atoms with van der Waals surface area (Å²) in [4.78, 5) is 15.6. The number of imidazole rings is 1. The van der Waals surface area contributed by atoms with Crippen LogP contribution in [0.3, 0.4) is 0 Å². The molecule has 0 aliphatic heterocycles. The fraction of sp³-hybridized carbons (Fsp3) is 0.385. The van der Waals surface area contributed by atoms with Gasteiger partial charge in [-0.05, 0) is 31.0 Å². The first-order valence-electron chi connectivity index (χ1n) is 5.70. The zero-order chi connectivity index (χ0) is 12.6. The van der Waals surface area contributed by atoms with Crippen LogP contribution in [0.25, 0.3) is 11.0 Å². The molecule has 1 heterocycles. The zero-order valence-corrected chi connectivity index (χ0v) is 10.3. The van der Waals surface area contributed by atoms with E-state index in [1.54, 1.807) is 0 Å². The van der Waals surface area contributed by atoms with Crippen LogP contribution in [0.2, 0.25) is 0 Å². The largest absolute Gasteiger partial charge is 0.481 e. The summed E-state index contributed by atoms with van der Waals surface area (Å²) in [7, 11) is 1.87. The lowest BCUT2D eigenvalue weighted by Gasteiger charge is -2.09. The van der Waals surface area contributed by atoms with Gasteiger partial charge in [0.25, 0.3) is 0 Å². The van der Waals surface area contributed by atoms with Crippen molar-refractivity contribution in [2.75, 3.05) is 0 Å². The average molecular weight is 232 g/mol. The first-order valence-corrected chi connectivity index (χ1v) is 5.70. The first-order chi connectivity index (χ1) is 8.04. The summed E-state index contributed by atoms with van der Waals surface area (Å²) in [5.41, 5.74) is 2.99. The Morgan fingerprint density at radius 3 is 2.82 bits per heavy atom. The number of carboxylic acid groups (broad SMARTS) is 1. The van der Waals surface area contributed by atoms with Gasteiger partial charge < -0.3 is 9.67 Å². The topological polar surface area (TPSA) is 55.1 Å². The van der Waals surface area contributed by atoms with Gasteiger partial charge in [-0.2, -0.15) is 0 Å². The van der Waals surface area contributed by atoms with Gasteiger partial charge in [-0.15, -0.1) is 0 Å². The number of rotatable bonds is 3. The van der Waals surface area contributed by atoms with Crippen molar-refractivity contribution in [2.45, 2.75) is 26.2 Å². The van der Waals surface area contributed by atoms with Crippen LogP contribution in [0.1, 0.15) is 30.7 Å². The third-order valence-corrected chi connectivity index (χ3v) is 3.09. The third-order valence-electron chi connectivity index (χ3n) is 3.09. The Morgan fingerprint density at radius 2 is 2.24 bits per heavy atom. The number of aryl methyl sites for hydroxylation is 2. The van der Waals surface area contributed by atoms with Gasteiger partial charge in [0.05, 0.1) is 11.0 Å². The molecule has 90 valence electrons. The molecule has 2 rings (SSSR count). The minimum atomic E-state index is -0.817. The Labute approximate surface area is 99.9 Å². The summed E-state index contributed by atoms with van der Waals surface area (Å²) in [5, 5.41) is 9.18. The van der Waals surface area contributed by atoms with Gasteiger partial charge in [-0.25, -0.2) is 4.98 Å². The first kappa shape index (κ1) is 11.6. The van der Waals surface area contributed by atoms with Crippen molar-refractivity contribution in [3.8, 4) is 0 Å². The van der Waals surface area contributed by atoms with Gasteiger partial charge in [0.15, 0.2) is 0 Å². The summed E-state index contributed by atoms with van der Waals surface area (Å²) < 4.78 is 1.88. The maximum Gasteiger partial charge on any atom is 0.314 e. The van der Waals surface area contributed by atoms with Gasteiger partial charge in [0, 0.05) is 7.05 Å². The fourth-order valence-corrected chi connectivity index (χ4v) is 2.10. The smallest absolute Gasteiger partial charge is 0.314 e. The molecule has 1 atom stereocenters. The Balaban J connectivity index is 2.63. The standard InChI is InChI=1S/C13H16N2O2/c1-4-9(13(16)17)12-14-10-6-5-8(2)7-11(10)15(12)3/h5-7,9H,4H2,1-3H3,(H,16,17). The minimum absolute atomic E-state index is 0.535. The van der Waals surface area contributed by atoms with Gasteiger partial charge >= 0.3 is 5.97 Å². The number of aliphatic carboxylic acids is 1. The quantitative estimate of drug-likeness (QED) is 0.884. The van der Waals surface area contributed by atoms with Crippen molar-refractivity contribution < 1.29 is 9.90 Å². The lowest BCUT2D eigenvalue weighted by atomic mass is 10.1. The van der Waals surface area contributed by atoms with Crippen LogP contribution in [0.15, 0.2) is 18.2 Å². The molecule has 0 aliphatic carbocycles. The molecule has 4 nitrogen and oxygen atoms in total. The van der Waals surface area contributed by atoms with Crippen molar-refractivity contribution >= 4 is 17.0 Å². The fourth-order valence-electron chi connectivity index (χ4n) is 2.10. The van der Waals surface area contributed by atoms with Gasteiger partial charge in [0.2, 0.25) is 0 Å². The van der Waals surface area contributed by atoms with Crippen LogP contribution in [-0.4, -0.2) is 20.6 Å². The molecular weight excluding hydrogens is 216 g/mol. The van der Waals surface area contributed by atoms with Crippen LogP contribution < -0.4 is 0 Å². The predicted octanol–water partition coefficient (Wildman–Crippen LogP) is 2.46. The van der Waals surface area contributed by atoms with E-state index in [9.17, 15) is 9.90 Å². The zero-order valence-electron chi connectivity index (χ0n) is 10.3. The summed E-state index contributed by atoms with van der Waals surface area (Å²) in [6.07, 6.45) is 0.547. The van der Waals surface area contributed by atoms with Crippen molar-refractivity contribution in [1.82, 2.24) is 9.55 Å². The van der Waals surface area contributed by atoms with Crippen LogP contribution in [-0.2, 0) is 11.8 Å². The van der Waals surface area contributed by atoms with Crippen molar-refractivity contribution in [3.05, 3.63) is 29.6 Å². The molecule has 0 amide bonds. The van der Waals surface area contributed by atoms with E-state index in [1.165, 1.54) is 0 Å². The summed E-state index contributed by atoms with van der Waals surface area (Å²) in [5.74, 6) is -0.726. The van der Waals surface area contributed by atoms with E-state index >= 15 is 0 Å². The number of hydrogen-bond acceptors (Lipinski definition) is 2. The molecule has 0 radical (unpaired) electrons. The Kier molecular flexibility index (Phi) is 2.88. The van der Waals surface area contributed by atoms with Crippen LogP contribution in [0.5, 0.6) is 0 Å². The second-order valence-corrected chi connectivity index (χ2v) is 4.32. The van der Waals surface area contributed by atoms with E-state index in [-0.39, 0.29) is 0 Å². The molecule has 2 aromatic rings. The lowest BCUT2D eigenvalue weighted by molar-refractivity contribution is -0.139. The molecular formula is C13H16N2O2. The molecule has 1 N–H and O–H groups in total. The molecule has 0 fully saturated rings. The van der Waals surface area contributed by atoms with E-state index < -0.39 is 11.9 Å². The molecule has 17 heavy (non-hydrogen) atoms. The van der Waals surface area contributed by atoms with Crippen LogP contribution >= 0.6 is 0 Å². The second kappa shape index (κ2) is 4.20. The second-order valence-electron chi connectivity index (χ2n) is 4.32. The van der Waals surface area contributed by atoms with Crippen LogP contribution in [0.4, 0.5) is 0 Å². The molecule has 1 aromatic carbocycles. The number of fused-ring (bicyclic) bond motifs is 1. The summed E-state index contributed by atoms with van der Waals surface area (Å²) in [6.45, 7) is 3.88. The van der Waals surface area contributed by atoms with E-state index in [0.29, 0.717) is 12.2 Å². The Morgan fingerprint density at radius 1 is 1.53 bits per heavy atom. The van der Waals surface area contributed by atoms with E-state index in [4.69, 9.17) is 0 Å². The Hall–Kier alpha value is -1.84. The maximum atomic E-state index is 11.2. The highest BCUT2D eigenvalue weighted by atomic mass is 16.4. The summed E-state index contributed by atoms with van der Waals surface area (Å²) in [6, 6.07) is 5.95. The molecule has 1 unspecified atom stereocenters. The molecule has 4 heteroatoms. The highest BCUT2D eigenvalue weighted by molar-refractivity contribution is 5.80. The number of carboxylic acids is 1. The van der Waals surface area contributed by atoms with Crippen molar-refractivity contribution in [3.63, 3.8) is 0 Å². The number of aromatic nitrogens is 2. The van der Waals surface area contributed by atoms with E-state index in [2.05, 4.69) is 4.98 Å². The lowest BCUT2D eigenvalue weighted by Crippen LogP contribution is -2.15. The van der Waals surface area contributed by atoms with Crippen molar-refractivity contribution in [2.24, 2.45) is 7.05 Å². The summed E-state index contributed by atoms with van der Waals surface area (Å²) >= 11 is 0. The van der Waals surface area contributed by atoms with Gasteiger partial charge in [-0.3, -0.25) is 4.79 Å². The predicted molar refractivity (Wildman–Crippen MR) is 66.1 cm³/mol. The average Bonchev–Trinajstić information content (AvgIpc) is 2.58. The number of hydrogen-bond donors (Lipinski definition) is 1. The molecule has 0 saturated heterocycles. The normalized spacial score (nSPS) is 12.9. The van der Waals surface area contributed by atoms with Crippen LogP contribution in [0, 0.1) is 6.92 Å². The SMILES string of the molecule is CCC(C(=O)O)c1nc2ccc(C)cc2n1C. The van der Waals surface area contributed by atoms with E-state index in [1.807, 2.05) is 43.7 Å². The number of carbonyl (C=O) groups is 1.